The summed E-state index contributed by atoms with van der Waals surface area (Å²) >= 11 is 3.34. The molecule has 0 aliphatic heterocycles. The molecule has 20 heavy (non-hydrogen) atoms. The average molecular weight is 348 g/mol. The zero-order valence-electron chi connectivity index (χ0n) is 12.2. The Morgan fingerprint density at radius 2 is 1.70 bits per heavy atom. The van der Waals surface area contributed by atoms with Gasteiger partial charge in [-0.3, -0.25) is 0 Å². The summed E-state index contributed by atoms with van der Waals surface area (Å²) in [4.78, 5) is 1.97. The number of benzene rings is 1. The molecule has 0 bridgehead atoms. The average Bonchev–Trinajstić information content (AvgIpc) is 2.46. The molecule has 0 saturated carbocycles. The number of alkyl halides is 1. The van der Waals surface area contributed by atoms with E-state index in [9.17, 15) is 4.39 Å². The maximum absolute atomic E-state index is 14.2. The Labute approximate surface area is 129 Å². The van der Waals surface area contributed by atoms with Gasteiger partial charge in [-0.1, -0.05) is 22.0 Å². The van der Waals surface area contributed by atoms with Gasteiger partial charge in [0.05, 0.1) is 18.9 Å². The van der Waals surface area contributed by atoms with Crippen LogP contribution in [0.25, 0.3) is 0 Å². The summed E-state index contributed by atoms with van der Waals surface area (Å²) in [7, 11) is 0. The van der Waals surface area contributed by atoms with Crippen molar-refractivity contribution in [3.63, 3.8) is 0 Å². The van der Waals surface area contributed by atoms with Crippen LogP contribution in [0.3, 0.4) is 0 Å². The van der Waals surface area contributed by atoms with Crippen molar-refractivity contribution in [3.05, 3.63) is 29.6 Å². The minimum Gasteiger partial charge on any atom is -0.380 e. The number of rotatable bonds is 10. The van der Waals surface area contributed by atoms with Crippen LogP contribution in [-0.4, -0.2) is 39.5 Å². The van der Waals surface area contributed by atoms with Gasteiger partial charge < -0.3 is 14.4 Å². The molecule has 0 heterocycles. The summed E-state index contributed by atoms with van der Waals surface area (Å²) in [5.41, 5.74) is 1.54. The largest absolute Gasteiger partial charge is 0.380 e. The third kappa shape index (κ3) is 5.77. The summed E-state index contributed by atoms with van der Waals surface area (Å²) in [6.45, 7) is 7.74. The Morgan fingerprint density at radius 3 is 2.15 bits per heavy atom. The lowest BCUT2D eigenvalue weighted by molar-refractivity contribution is 0.141. The molecule has 0 aromatic heterocycles. The van der Waals surface area contributed by atoms with Gasteiger partial charge in [0.1, 0.15) is 5.82 Å². The summed E-state index contributed by atoms with van der Waals surface area (Å²) in [6.07, 6.45) is 0. The maximum Gasteiger partial charge on any atom is 0.146 e. The molecule has 0 unspecified atom stereocenters. The monoisotopic (exact) mass is 347 g/mol. The molecule has 114 valence electrons. The van der Waals surface area contributed by atoms with E-state index in [1.807, 2.05) is 30.9 Å². The van der Waals surface area contributed by atoms with Crippen molar-refractivity contribution in [1.29, 1.82) is 0 Å². The second-order valence-corrected chi connectivity index (χ2v) is 4.86. The first kappa shape index (κ1) is 17.4. The van der Waals surface area contributed by atoms with E-state index in [-0.39, 0.29) is 5.82 Å². The molecule has 0 spiro atoms. The molecular weight excluding hydrogens is 325 g/mol. The molecule has 0 amide bonds. The predicted octanol–water partition coefficient (Wildman–Crippen LogP) is 3.60. The smallest absolute Gasteiger partial charge is 0.146 e. The van der Waals surface area contributed by atoms with E-state index in [1.54, 1.807) is 6.07 Å². The first-order valence-electron chi connectivity index (χ1n) is 6.97. The van der Waals surface area contributed by atoms with Crippen molar-refractivity contribution in [1.82, 2.24) is 0 Å². The first-order valence-corrected chi connectivity index (χ1v) is 8.09. The molecule has 1 aromatic carbocycles. The standard InChI is InChI=1S/C15H23BrFNO2/c1-3-19-9-7-18(8-10-20-4-2)15-6-5-13(12-16)11-14(15)17/h5-6,11H,3-4,7-10,12H2,1-2H3. The third-order valence-corrected chi connectivity index (χ3v) is 3.57. The molecule has 0 saturated heterocycles. The van der Waals surface area contributed by atoms with Gasteiger partial charge in [0.25, 0.3) is 0 Å². The topological polar surface area (TPSA) is 21.7 Å². The fraction of sp³-hybridized carbons (Fsp3) is 0.600. The van der Waals surface area contributed by atoms with Crippen LogP contribution in [-0.2, 0) is 14.8 Å². The van der Waals surface area contributed by atoms with E-state index >= 15 is 0 Å². The second kappa shape index (κ2) is 10.1. The van der Waals surface area contributed by atoms with Crippen LogP contribution < -0.4 is 4.90 Å². The van der Waals surface area contributed by atoms with Gasteiger partial charge in [0.2, 0.25) is 0 Å². The molecule has 5 heteroatoms. The molecule has 0 aliphatic rings. The Balaban J connectivity index is 2.73. The predicted molar refractivity (Wildman–Crippen MR) is 84.2 cm³/mol. The third-order valence-electron chi connectivity index (χ3n) is 2.93. The Bertz CT molecular complexity index is 380. The van der Waals surface area contributed by atoms with Crippen molar-refractivity contribution in [2.45, 2.75) is 19.2 Å². The lowest BCUT2D eigenvalue weighted by atomic mass is 10.2. The normalized spacial score (nSPS) is 10.8. The van der Waals surface area contributed by atoms with Crippen LogP contribution in [0.15, 0.2) is 18.2 Å². The Hall–Kier alpha value is -0.650. The number of ether oxygens (including phenoxy) is 2. The lowest BCUT2D eigenvalue weighted by Crippen LogP contribution is -2.31. The molecule has 0 aliphatic carbocycles. The van der Waals surface area contributed by atoms with Crippen LogP contribution in [0.4, 0.5) is 10.1 Å². The van der Waals surface area contributed by atoms with E-state index in [1.165, 1.54) is 0 Å². The summed E-state index contributed by atoms with van der Waals surface area (Å²) < 4.78 is 24.9. The van der Waals surface area contributed by atoms with E-state index in [2.05, 4.69) is 15.9 Å². The fourth-order valence-corrected chi connectivity index (χ4v) is 2.23. The summed E-state index contributed by atoms with van der Waals surface area (Å²) in [6, 6.07) is 5.32. The van der Waals surface area contributed by atoms with Gasteiger partial charge >= 0.3 is 0 Å². The molecule has 1 aromatic rings. The Morgan fingerprint density at radius 1 is 1.10 bits per heavy atom. The number of nitrogens with zero attached hydrogens (tertiary/aromatic N) is 1. The maximum atomic E-state index is 14.2. The van der Waals surface area contributed by atoms with E-state index in [0.717, 1.165) is 5.56 Å². The SMILES string of the molecule is CCOCCN(CCOCC)c1ccc(CBr)cc1F. The minimum atomic E-state index is -0.199. The molecule has 0 atom stereocenters. The van der Waals surface area contributed by atoms with Crippen LogP contribution in [0.1, 0.15) is 19.4 Å². The number of hydrogen-bond acceptors (Lipinski definition) is 3. The van der Waals surface area contributed by atoms with Crippen LogP contribution in [0, 0.1) is 5.82 Å². The highest BCUT2D eigenvalue weighted by Gasteiger charge is 2.12. The van der Waals surface area contributed by atoms with Gasteiger partial charge in [-0.15, -0.1) is 0 Å². The Kier molecular flexibility index (Phi) is 8.82. The van der Waals surface area contributed by atoms with Gasteiger partial charge in [0.15, 0.2) is 0 Å². The highest BCUT2D eigenvalue weighted by molar-refractivity contribution is 9.08. The van der Waals surface area contributed by atoms with E-state index in [0.29, 0.717) is 50.5 Å². The lowest BCUT2D eigenvalue weighted by Gasteiger charge is -2.25. The van der Waals surface area contributed by atoms with Gasteiger partial charge in [-0.25, -0.2) is 4.39 Å². The molecule has 0 radical (unpaired) electrons. The van der Waals surface area contributed by atoms with Gasteiger partial charge in [-0.2, -0.15) is 0 Å². The number of hydrogen-bond donors (Lipinski definition) is 0. The summed E-state index contributed by atoms with van der Waals surface area (Å²) in [5.74, 6) is -0.199. The highest BCUT2D eigenvalue weighted by Crippen LogP contribution is 2.21. The fourth-order valence-electron chi connectivity index (χ4n) is 1.88. The van der Waals surface area contributed by atoms with Crippen LogP contribution in [0.5, 0.6) is 0 Å². The zero-order valence-corrected chi connectivity index (χ0v) is 13.8. The van der Waals surface area contributed by atoms with Gasteiger partial charge in [-0.05, 0) is 31.5 Å². The molecule has 3 nitrogen and oxygen atoms in total. The van der Waals surface area contributed by atoms with Crippen molar-refractivity contribution in [3.8, 4) is 0 Å². The quantitative estimate of drug-likeness (QED) is 0.476. The van der Waals surface area contributed by atoms with E-state index in [4.69, 9.17) is 9.47 Å². The molecule has 0 N–H and O–H groups in total. The minimum absolute atomic E-state index is 0.199. The molecular formula is C15H23BrFNO2. The van der Waals surface area contributed by atoms with E-state index < -0.39 is 0 Å². The van der Waals surface area contributed by atoms with Crippen molar-refractivity contribution in [2.24, 2.45) is 0 Å². The van der Waals surface area contributed by atoms with Crippen molar-refractivity contribution >= 4 is 21.6 Å². The zero-order chi connectivity index (χ0) is 14.8. The second-order valence-electron chi connectivity index (χ2n) is 4.30. The number of halogens is 2. The number of anilines is 1. The first-order chi connectivity index (χ1) is 9.72. The highest BCUT2D eigenvalue weighted by atomic mass is 79.9. The van der Waals surface area contributed by atoms with Gasteiger partial charge in [0, 0.05) is 31.6 Å². The van der Waals surface area contributed by atoms with Crippen molar-refractivity contribution < 1.29 is 13.9 Å². The van der Waals surface area contributed by atoms with Crippen LogP contribution >= 0.6 is 15.9 Å². The van der Waals surface area contributed by atoms with Crippen LogP contribution in [0.2, 0.25) is 0 Å². The molecule has 0 fully saturated rings. The van der Waals surface area contributed by atoms with Crippen molar-refractivity contribution in [2.75, 3.05) is 44.4 Å². The summed E-state index contributed by atoms with van der Waals surface area (Å²) in [5, 5.41) is 0.655. The molecule has 1 rings (SSSR count).